The van der Waals surface area contributed by atoms with E-state index in [4.69, 9.17) is 67.2 Å². The zero-order valence-electron chi connectivity index (χ0n) is 16.5. The topological polar surface area (TPSA) is 82.2 Å². The second-order valence-corrected chi connectivity index (χ2v) is 8.80. The molecule has 0 aliphatic rings. The summed E-state index contributed by atoms with van der Waals surface area (Å²) >= 11 is 30.2. The smallest absolute Gasteiger partial charge is 0.293 e. The average Bonchev–Trinajstić information content (AvgIpc) is 3.39. The van der Waals surface area contributed by atoms with E-state index in [9.17, 15) is 4.79 Å². The van der Waals surface area contributed by atoms with Crippen LogP contribution in [0.25, 0.3) is 0 Å². The minimum atomic E-state index is -0.522. The molecule has 0 atom stereocenters. The predicted octanol–water partition coefficient (Wildman–Crippen LogP) is 7.02. The van der Waals surface area contributed by atoms with Crippen LogP contribution in [0.2, 0.25) is 25.1 Å². The van der Waals surface area contributed by atoms with Crippen LogP contribution in [-0.2, 0) is 13.2 Å². The number of carbonyl (C=O) groups is 1. The van der Waals surface area contributed by atoms with Gasteiger partial charge in [0, 0.05) is 15.1 Å². The summed E-state index contributed by atoms with van der Waals surface area (Å²) in [5.74, 6) is 0.294. The molecule has 33 heavy (non-hydrogen) atoms. The molecule has 170 valence electrons. The van der Waals surface area contributed by atoms with Crippen LogP contribution in [0, 0.1) is 0 Å². The van der Waals surface area contributed by atoms with E-state index in [0.29, 0.717) is 27.4 Å². The molecule has 0 aliphatic carbocycles. The number of furan rings is 1. The van der Waals surface area contributed by atoms with E-state index in [0.717, 1.165) is 5.56 Å². The highest BCUT2D eigenvalue weighted by Gasteiger charge is 2.16. The van der Waals surface area contributed by atoms with Crippen LogP contribution in [0.3, 0.4) is 0 Å². The number of hydrogen-bond donors (Lipinski definition) is 1. The molecular weight excluding hydrogens is 534 g/mol. The number of benzene rings is 2. The lowest BCUT2D eigenvalue weighted by atomic mass is 10.2. The fourth-order valence-electron chi connectivity index (χ4n) is 2.80. The van der Waals surface area contributed by atoms with E-state index in [1.165, 1.54) is 29.2 Å². The number of halogens is 5. The number of nitrogens with zero attached hydrogens (tertiary/aromatic N) is 3. The van der Waals surface area contributed by atoms with Crippen molar-refractivity contribution in [3.63, 3.8) is 0 Å². The summed E-state index contributed by atoms with van der Waals surface area (Å²) in [5, 5.41) is 8.76. The molecule has 0 spiro atoms. The third kappa shape index (κ3) is 5.93. The van der Waals surface area contributed by atoms with Gasteiger partial charge in [0.05, 0.1) is 16.6 Å². The molecule has 0 fully saturated rings. The number of hydrogen-bond acceptors (Lipinski definition) is 5. The summed E-state index contributed by atoms with van der Waals surface area (Å²) < 4.78 is 12.7. The Morgan fingerprint density at radius 1 is 0.970 bits per heavy atom. The Morgan fingerprint density at radius 2 is 1.70 bits per heavy atom. The van der Waals surface area contributed by atoms with Crippen molar-refractivity contribution < 1.29 is 13.9 Å². The van der Waals surface area contributed by atoms with Crippen molar-refractivity contribution in [3.05, 3.63) is 91.0 Å². The Balaban J connectivity index is 1.36. The highest BCUT2D eigenvalue weighted by Crippen LogP contribution is 2.36. The lowest BCUT2D eigenvalue weighted by molar-refractivity contribution is 0.0991. The van der Waals surface area contributed by atoms with Crippen LogP contribution < -0.4 is 10.1 Å². The molecule has 0 saturated heterocycles. The summed E-state index contributed by atoms with van der Waals surface area (Å²) in [5.41, 5.74) is 0.806. The summed E-state index contributed by atoms with van der Waals surface area (Å²) in [6.07, 6.45) is 1.47. The molecular formula is C21H13Cl5N4O3. The zero-order chi connectivity index (χ0) is 23.5. The van der Waals surface area contributed by atoms with Gasteiger partial charge >= 0.3 is 0 Å². The van der Waals surface area contributed by atoms with E-state index in [2.05, 4.69) is 15.4 Å². The zero-order valence-corrected chi connectivity index (χ0v) is 20.3. The number of carbonyl (C=O) groups excluding carboxylic acids is 1. The summed E-state index contributed by atoms with van der Waals surface area (Å²) in [6.45, 7) is 0.361. The van der Waals surface area contributed by atoms with Gasteiger partial charge in [0.2, 0.25) is 5.95 Å². The minimum Gasteiger partial charge on any atom is -0.483 e. The fraction of sp³-hybridized carbons (Fsp3) is 0.0952. The van der Waals surface area contributed by atoms with E-state index in [1.54, 1.807) is 24.3 Å². The maximum Gasteiger partial charge on any atom is 0.293 e. The Labute approximate surface area is 213 Å². The Bertz CT molecular complexity index is 1300. The highest BCUT2D eigenvalue weighted by atomic mass is 35.5. The van der Waals surface area contributed by atoms with Gasteiger partial charge in [-0.15, -0.1) is 5.10 Å². The second-order valence-electron chi connectivity index (χ2n) is 6.71. The van der Waals surface area contributed by atoms with E-state index < -0.39 is 5.91 Å². The van der Waals surface area contributed by atoms with Crippen LogP contribution >= 0.6 is 58.0 Å². The molecule has 4 aromatic rings. The Morgan fingerprint density at radius 3 is 2.42 bits per heavy atom. The van der Waals surface area contributed by atoms with Gasteiger partial charge < -0.3 is 9.15 Å². The molecule has 4 rings (SSSR count). The number of anilines is 1. The first-order chi connectivity index (χ1) is 15.8. The van der Waals surface area contributed by atoms with Crippen molar-refractivity contribution in [1.82, 2.24) is 14.8 Å². The van der Waals surface area contributed by atoms with Crippen molar-refractivity contribution in [3.8, 4) is 5.75 Å². The molecule has 0 unspecified atom stereocenters. The third-order valence-corrected chi connectivity index (χ3v) is 5.68. The van der Waals surface area contributed by atoms with Crippen LogP contribution in [0.1, 0.15) is 21.9 Å². The molecule has 12 heteroatoms. The number of nitrogens with one attached hydrogen (secondary N) is 1. The van der Waals surface area contributed by atoms with Gasteiger partial charge in [0.15, 0.2) is 11.5 Å². The van der Waals surface area contributed by atoms with Gasteiger partial charge in [-0.25, -0.2) is 9.67 Å². The van der Waals surface area contributed by atoms with Crippen LogP contribution in [0.15, 0.2) is 53.2 Å². The molecule has 0 saturated carbocycles. The molecule has 0 aliphatic heterocycles. The summed E-state index contributed by atoms with van der Waals surface area (Å²) in [7, 11) is 0. The molecule has 1 N–H and O–H groups in total. The van der Waals surface area contributed by atoms with Crippen LogP contribution in [0.5, 0.6) is 5.75 Å². The van der Waals surface area contributed by atoms with Crippen molar-refractivity contribution >= 4 is 69.9 Å². The first-order valence-corrected chi connectivity index (χ1v) is 11.2. The molecule has 1 amide bonds. The maximum absolute atomic E-state index is 12.5. The van der Waals surface area contributed by atoms with Gasteiger partial charge in [-0.1, -0.05) is 64.1 Å². The summed E-state index contributed by atoms with van der Waals surface area (Å²) in [4.78, 5) is 16.6. The molecule has 0 bridgehead atoms. The van der Waals surface area contributed by atoms with Gasteiger partial charge in [-0.2, -0.15) is 0 Å². The summed E-state index contributed by atoms with van der Waals surface area (Å²) in [6, 6.07) is 11.3. The van der Waals surface area contributed by atoms with Crippen LogP contribution in [-0.4, -0.2) is 20.7 Å². The van der Waals surface area contributed by atoms with Gasteiger partial charge in [0.1, 0.15) is 18.7 Å². The average molecular weight is 547 g/mol. The molecule has 2 aromatic heterocycles. The van der Waals surface area contributed by atoms with E-state index in [1.807, 2.05) is 0 Å². The van der Waals surface area contributed by atoms with Gasteiger partial charge in [-0.3, -0.25) is 10.1 Å². The van der Waals surface area contributed by atoms with Crippen molar-refractivity contribution in [2.75, 3.05) is 5.32 Å². The Kier molecular flexibility index (Phi) is 7.36. The molecule has 2 aromatic carbocycles. The predicted molar refractivity (Wildman–Crippen MR) is 128 cm³/mol. The number of rotatable bonds is 7. The third-order valence-electron chi connectivity index (χ3n) is 4.32. The molecule has 0 radical (unpaired) electrons. The number of aromatic nitrogens is 3. The number of ether oxygens (including phenoxy) is 1. The van der Waals surface area contributed by atoms with E-state index in [-0.39, 0.29) is 34.1 Å². The standard InChI is InChI=1S/C21H13Cl5N4O3/c22-12-2-1-11(15(24)5-12)8-30-10-27-21(29-30)28-20(31)18-4-3-14(33-18)9-32-19-16(25)6-13(23)7-17(19)26/h1-7,10H,8-9H2,(H,28,29,31). The minimum absolute atomic E-state index is 0.00306. The largest absolute Gasteiger partial charge is 0.483 e. The lowest BCUT2D eigenvalue weighted by Crippen LogP contribution is -2.12. The van der Waals surface area contributed by atoms with E-state index >= 15 is 0 Å². The van der Waals surface area contributed by atoms with Gasteiger partial charge in [-0.05, 0) is 42.0 Å². The highest BCUT2D eigenvalue weighted by molar-refractivity contribution is 6.40. The maximum atomic E-state index is 12.5. The number of amides is 1. The first-order valence-electron chi connectivity index (χ1n) is 9.29. The first kappa shape index (κ1) is 23.7. The normalized spacial score (nSPS) is 10.9. The van der Waals surface area contributed by atoms with Crippen molar-refractivity contribution in [2.45, 2.75) is 13.2 Å². The van der Waals surface area contributed by atoms with Crippen molar-refractivity contribution in [1.29, 1.82) is 0 Å². The molecule has 7 nitrogen and oxygen atoms in total. The fourth-order valence-corrected chi connectivity index (χ4v) is 4.20. The van der Waals surface area contributed by atoms with Crippen molar-refractivity contribution in [2.24, 2.45) is 0 Å². The van der Waals surface area contributed by atoms with Crippen LogP contribution in [0.4, 0.5) is 5.95 Å². The SMILES string of the molecule is O=C(Nc1ncn(Cc2ccc(Cl)cc2Cl)n1)c1ccc(COc2c(Cl)cc(Cl)cc2Cl)o1. The second kappa shape index (κ2) is 10.2. The quantitative estimate of drug-likeness (QED) is 0.269. The van der Waals surface area contributed by atoms with Gasteiger partial charge in [0.25, 0.3) is 5.91 Å². The molecule has 2 heterocycles. The Hall–Kier alpha value is -2.42. The monoisotopic (exact) mass is 544 g/mol. The lowest BCUT2D eigenvalue weighted by Gasteiger charge is -2.09.